The number of hydrogen-bond acceptors (Lipinski definition) is 3. The number of aliphatic hydroxyl groups excluding tert-OH is 1. The Labute approximate surface area is 60.9 Å². The summed E-state index contributed by atoms with van der Waals surface area (Å²) in [6.07, 6.45) is 0. The second kappa shape index (κ2) is 1.94. The summed E-state index contributed by atoms with van der Waals surface area (Å²) in [7, 11) is 3.65. The molecule has 0 aromatic carbocycles. The lowest BCUT2D eigenvalue weighted by Gasteiger charge is -2.16. The summed E-state index contributed by atoms with van der Waals surface area (Å²) in [6.45, 7) is 5.62. The predicted molar refractivity (Wildman–Crippen MR) is 40.0 cm³/mol. The van der Waals surface area contributed by atoms with E-state index in [9.17, 15) is 5.11 Å². The second-order valence-electron chi connectivity index (χ2n) is 2.44. The van der Waals surface area contributed by atoms with Gasteiger partial charge in [-0.1, -0.05) is 6.58 Å². The van der Waals surface area contributed by atoms with Crippen molar-refractivity contribution < 1.29 is 5.11 Å². The first kappa shape index (κ1) is 6.99. The topological polar surface area (TPSA) is 26.7 Å². The maximum absolute atomic E-state index is 9.31. The van der Waals surface area contributed by atoms with Crippen LogP contribution in [0.15, 0.2) is 24.0 Å². The molecule has 10 heavy (non-hydrogen) atoms. The summed E-state index contributed by atoms with van der Waals surface area (Å²) in [5.74, 6) is 1.09. The molecule has 0 aromatic heterocycles. The monoisotopic (exact) mass is 140 g/mol. The molecule has 1 rings (SSSR count). The van der Waals surface area contributed by atoms with Gasteiger partial charge >= 0.3 is 0 Å². The van der Waals surface area contributed by atoms with Gasteiger partial charge in [-0.2, -0.15) is 0 Å². The fourth-order valence-corrected chi connectivity index (χ4v) is 0.934. The third-order valence-electron chi connectivity index (χ3n) is 1.92. The Morgan fingerprint density at radius 3 is 1.90 bits per heavy atom. The van der Waals surface area contributed by atoms with E-state index in [-0.39, 0.29) is 5.88 Å². The lowest BCUT2D eigenvalue weighted by atomic mass is 10.5. The highest BCUT2D eigenvalue weighted by Gasteiger charge is 2.23. The molecule has 3 heteroatoms. The molecule has 3 nitrogen and oxygen atoms in total. The normalized spacial score (nSPS) is 19.3. The number of aliphatic hydroxyl groups is 1. The van der Waals surface area contributed by atoms with Crippen molar-refractivity contribution in [1.82, 2.24) is 9.80 Å². The molecule has 0 atom stereocenters. The van der Waals surface area contributed by atoms with E-state index in [0.29, 0.717) is 0 Å². The van der Waals surface area contributed by atoms with Crippen molar-refractivity contribution >= 4 is 0 Å². The summed E-state index contributed by atoms with van der Waals surface area (Å²) < 4.78 is 0. The van der Waals surface area contributed by atoms with Gasteiger partial charge < -0.3 is 14.9 Å². The quantitative estimate of drug-likeness (QED) is 0.545. The van der Waals surface area contributed by atoms with E-state index in [0.717, 1.165) is 11.5 Å². The summed E-state index contributed by atoms with van der Waals surface area (Å²) in [6, 6.07) is 0. The summed E-state index contributed by atoms with van der Waals surface area (Å²) >= 11 is 0. The summed E-state index contributed by atoms with van der Waals surface area (Å²) in [4.78, 5) is 3.49. The summed E-state index contributed by atoms with van der Waals surface area (Å²) in [5, 5.41) is 9.31. The van der Waals surface area contributed by atoms with E-state index in [4.69, 9.17) is 0 Å². The Morgan fingerprint density at radius 2 is 1.80 bits per heavy atom. The molecule has 0 fully saturated rings. The van der Waals surface area contributed by atoms with Crippen LogP contribution in [0.5, 0.6) is 0 Å². The smallest absolute Gasteiger partial charge is 0.212 e. The molecule has 0 amide bonds. The van der Waals surface area contributed by atoms with Gasteiger partial charge in [-0.3, -0.25) is 0 Å². The van der Waals surface area contributed by atoms with E-state index < -0.39 is 0 Å². The van der Waals surface area contributed by atoms with Gasteiger partial charge in [-0.25, -0.2) is 0 Å². The zero-order valence-corrected chi connectivity index (χ0v) is 6.55. The number of allylic oxidation sites excluding steroid dienone is 1. The van der Waals surface area contributed by atoms with Gasteiger partial charge in [0, 0.05) is 14.1 Å². The number of rotatable bonds is 0. The highest BCUT2D eigenvalue weighted by Crippen LogP contribution is 2.24. The summed E-state index contributed by atoms with van der Waals surface area (Å²) in [5.41, 5.74) is 0.840. The van der Waals surface area contributed by atoms with E-state index in [2.05, 4.69) is 6.58 Å². The van der Waals surface area contributed by atoms with Crippen molar-refractivity contribution in [2.24, 2.45) is 0 Å². The number of hydrogen-bond donors (Lipinski definition) is 1. The van der Waals surface area contributed by atoms with Crippen molar-refractivity contribution in [3.8, 4) is 0 Å². The minimum absolute atomic E-state index is 0.285. The van der Waals surface area contributed by atoms with Crippen LogP contribution in [0.4, 0.5) is 0 Å². The van der Waals surface area contributed by atoms with Crippen LogP contribution in [0.3, 0.4) is 0 Å². The first-order valence-electron chi connectivity index (χ1n) is 3.12. The first-order valence-corrected chi connectivity index (χ1v) is 3.12. The molecule has 0 aliphatic carbocycles. The lowest BCUT2D eigenvalue weighted by Crippen LogP contribution is -2.17. The molecule has 0 unspecified atom stereocenters. The minimum atomic E-state index is 0.285. The van der Waals surface area contributed by atoms with Gasteiger partial charge in [0.15, 0.2) is 0 Å². The Morgan fingerprint density at radius 1 is 1.30 bits per heavy atom. The minimum Gasteiger partial charge on any atom is -0.493 e. The van der Waals surface area contributed by atoms with Crippen LogP contribution in [0.2, 0.25) is 0 Å². The van der Waals surface area contributed by atoms with Crippen molar-refractivity contribution in [3.63, 3.8) is 0 Å². The first-order chi connectivity index (χ1) is 4.55. The van der Waals surface area contributed by atoms with Gasteiger partial charge in [-0.05, 0) is 6.92 Å². The molecule has 0 spiro atoms. The van der Waals surface area contributed by atoms with Crippen LogP contribution in [-0.2, 0) is 0 Å². The highest BCUT2D eigenvalue weighted by molar-refractivity contribution is 5.20. The standard InChI is InChI=1S/C7H12N2O/c1-5-7(10)9(4)6(2)8(5)3/h10H,2H2,1,3-4H3. The maximum atomic E-state index is 9.31. The third kappa shape index (κ3) is 0.667. The van der Waals surface area contributed by atoms with E-state index in [1.165, 1.54) is 0 Å². The Kier molecular flexibility index (Phi) is 1.35. The van der Waals surface area contributed by atoms with Crippen LogP contribution >= 0.6 is 0 Å². The van der Waals surface area contributed by atoms with Crippen molar-refractivity contribution in [1.29, 1.82) is 0 Å². The van der Waals surface area contributed by atoms with Crippen molar-refractivity contribution in [2.75, 3.05) is 14.1 Å². The molecule has 1 heterocycles. The van der Waals surface area contributed by atoms with E-state index in [1.807, 2.05) is 18.9 Å². The Balaban J connectivity index is 2.99. The van der Waals surface area contributed by atoms with E-state index in [1.54, 1.807) is 11.9 Å². The highest BCUT2D eigenvalue weighted by atomic mass is 16.3. The zero-order chi connectivity index (χ0) is 7.89. The van der Waals surface area contributed by atoms with Crippen LogP contribution in [0.1, 0.15) is 6.92 Å². The van der Waals surface area contributed by atoms with Crippen LogP contribution in [-0.4, -0.2) is 29.0 Å². The molecule has 0 aromatic rings. The lowest BCUT2D eigenvalue weighted by molar-refractivity contribution is 0.274. The Bertz CT molecular complexity index is 188. The SMILES string of the molecule is C=C1N(C)C(C)=C(O)N1C. The largest absolute Gasteiger partial charge is 0.493 e. The molecule has 0 saturated carbocycles. The molecular formula is C7H12N2O. The van der Waals surface area contributed by atoms with Crippen molar-refractivity contribution in [3.05, 3.63) is 24.0 Å². The van der Waals surface area contributed by atoms with Gasteiger partial charge in [0.25, 0.3) is 0 Å². The molecular weight excluding hydrogens is 128 g/mol. The van der Waals surface area contributed by atoms with Crippen molar-refractivity contribution in [2.45, 2.75) is 6.92 Å². The van der Waals surface area contributed by atoms with Gasteiger partial charge in [0.2, 0.25) is 5.88 Å². The Hall–Kier alpha value is -1.12. The average Bonchev–Trinajstić information content (AvgIpc) is 2.07. The van der Waals surface area contributed by atoms with Gasteiger partial charge in [-0.15, -0.1) is 0 Å². The molecule has 0 bridgehead atoms. The molecule has 56 valence electrons. The predicted octanol–water partition coefficient (Wildman–Crippen LogP) is 1.08. The average molecular weight is 140 g/mol. The molecule has 1 N–H and O–H groups in total. The zero-order valence-electron chi connectivity index (χ0n) is 6.55. The van der Waals surface area contributed by atoms with Crippen LogP contribution in [0.25, 0.3) is 0 Å². The van der Waals surface area contributed by atoms with Gasteiger partial charge in [0.05, 0.1) is 5.70 Å². The van der Waals surface area contributed by atoms with E-state index >= 15 is 0 Å². The molecule has 0 saturated heterocycles. The molecule has 1 aliphatic heterocycles. The van der Waals surface area contributed by atoms with Crippen LogP contribution < -0.4 is 0 Å². The third-order valence-corrected chi connectivity index (χ3v) is 1.92. The van der Waals surface area contributed by atoms with Crippen LogP contribution in [0, 0.1) is 0 Å². The maximum Gasteiger partial charge on any atom is 0.212 e. The number of nitrogens with zero attached hydrogens (tertiary/aromatic N) is 2. The fraction of sp³-hybridized carbons (Fsp3) is 0.429. The van der Waals surface area contributed by atoms with Gasteiger partial charge in [0.1, 0.15) is 5.82 Å². The fourth-order valence-electron chi connectivity index (χ4n) is 0.934. The molecule has 1 aliphatic rings. The second-order valence-corrected chi connectivity index (χ2v) is 2.44. The molecule has 0 radical (unpaired) electrons.